The van der Waals surface area contributed by atoms with E-state index in [0.717, 1.165) is 22.3 Å². The Balaban J connectivity index is 2.19. The van der Waals surface area contributed by atoms with E-state index in [1.807, 2.05) is 30.5 Å². The summed E-state index contributed by atoms with van der Waals surface area (Å²) in [5.74, 6) is 0.427. The third-order valence-electron chi connectivity index (χ3n) is 5.39. The molecule has 0 saturated carbocycles. The van der Waals surface area contributed by atoms with Gasteiger partial charge in [0.1, 0.15) is 0 Å². The lowest BCUT2D eigenvalue weighted by atomic mass is 10.0. The summed E-state index contributed by atoms with van der Waals surface area (Å²) >= 11 is 0. The molecular weight excluding hydrogens is 326 g/mol. The first kappa shape index (κ1) is 19.7. The summed E-state index contributed by atoms with van der Waals surface area (Å²) in [5.41, 5.74) is 8.94. The van der Waals surface area contributed by atoms with Crippen molar-refractivity contribution in [3.05, 3.63) is 30.5 Å². The summed E-state index contributed by atoms with van der Waals surface area (Å²) in [6.45, 7) is 16.5. The van der Waals surface area contributed by atoms with E-state index in [1.54, 1.807) is 0 Å². The zero-order valence-corrected chi connectivity index (χ0v) is 17.7. The van der Waals surface area contributed by atoms with Gasteiger partial charge in [0, 0.05) is 5.39 Å². The molecule has 2 aromatic rings. The lowest BCUT2D eigenvalue weighted by Gasteiger charge is -2.38. The van der Waals surface area contributed by atoms with Crippen molar-refractivity contribution in [1.82, 2.24) is 4.98 Å². The molecule has 0 aliphatic rings. The van der Waals surface area contributed by atoms with Crippen LogP contribution in [0.15, 0.2) is 30.5 Å². The Kier molecular flexibility index (Phi) is 5.79. The van der Waals surface area contributed by atoms with Crippen molar-refractivity contribution in [2.45, 2.75) is 58.8 Å². The number of nitrogens with zero attached hydrogens (tertiary/aromatic N) is 1. The number of fused-ring (bicyclic) bond motifs is 1. The molecule has 3 N–H and O–H groups in total. The average molecular weight is 360 g/mol. The lowest BCUT2D eigenvalue weighted by Crippen LogP contribution is -2.44. The highest BCUT2D eigenvalue weighted by Crippen LogP contribution is 2.37. The molecule has 0 saturated heterocycles. The molecule has 0 amide bonds. The molecule has 0 radical (unpaired) electrons. The van der Waals surface area contributed by atoms with Gasteiger partial charge in [0.15, 0.2) is 8.32 Å². The van der Waals surface area contributed by atoms with Crippen molar-refractivity contribution in [2.75, 3.05) is 17.7 Å². The van der Waals surface area contributed by atoms with Gasteiger partial charge in [-0.15, -0.1) is 0 Å². The normalized spacial score (nSPS) is 14.1. The van der Waals surface area contributed by atoms with Crippen LogP contribution in [0.5, 0.6) is 0 Å². The van der Waals surface area contributed by atoms with Crippen molar-refractivity contribution >= 4 is 30.6 Å². The van der Waals surface area contributed by atoms with E-state index in [1.165, 1.54) is 0 Å². The number of para-hydroxylation sites is 1. The van der Waals surface area contributed by atoms with E-state index in [0.29, 0.717) is 12.5 Å². The number of nitrogens with one attached hydrogen (secondary N) is 1. The fraction of sp³-hybridized carbons (Fsp3) is 0.550. The van der Waals surface area contributed by atoms with Gasteiger partial charge in [0.2, 0.25) is 0 Å². The summed E-state index contributed by atoms with van der Waals surface area (Å²) in [5, 5.41) is 4.77. The molecule has 0 fully saturated rings. The molecular formula is C20H33N3OSi. The smallest absolute Gasteiger partial charge is 0.192 e. The van der Waals surface area contributed by atoms with Gasteiger partial charge in [-0.25, -0.2) is 0 Å². The van der Waals surface area contributed by atoms with Crippen LogP contribution in [0, 0.1) is 5.92 Å². The highest BCUT2D eigenvalue weighted by atomic mass is 28.4. The molecule has 0 bridgehead atoms. The van der Waals surface area contributed by atoms with Gasteiger partial charge < -0.3 is 15.5 Å². The van der Waals surface area contributed by atoms with Crippen molar-refractivity contribution in [2.24, 2.45) is 5.92 Å². The Bertz CT molecular complexity index is 722. The van der Waals surface area contributed by atoms with Gasteiger partial charge in [-0.2, -0.15) is 0 Å². The molecule has 4 nitrogen and oxygen atoms in total. The number of hydrogen-bond acceptors (Lipinski definition) is 4. The Hall–Kier alpha value is -1.59. The first-order valence-electron chi connectivity index (χ1n) is 9.06. The first-order valence-corrected chi connectivity index (χ1v) is 12.0. The minimum atomic E-state index is -1.77. The summed E-state index contributed by atoms with van der Waals surface area (Å²) in [7, 11) is -1.77. The summed E-state index contributed by atoms with van der Waals surface area (Å²) < 4.78 is 6.43. The van der Waals surface area contributed by atoms with Crippen LogP contribution in [-0.4, -0.2) is 26.0 Å². The van der Waals surface area contributed by atoms with E-state index in [4.69, 9.17) is 10.2 Å². The molecule has 0 aliphatic carbocycles. The predicted octanol–water partition coefficient (Wildman–Crippen LogP) is 5.28. The fourth-order valence-electron chi connectivity index (χ4n) is 2.39. The number of rotatable bonds is 6. The Morgan fingerprint density at radius 1 is 1.20 bits per heavy atom. The standard InChI is InChI=1S/C20H33N3OSi/c1-14(2)18(13-24-25(6,7)20(3,4)5)23-17-12-22-16-11-9-8-10-15(16)19(17)21/h8-12,14,18,23H,13H2,1-7H3,(H2,21,22)/t18-/m1/s1. The van der Waals surface area contributed by atoms with Crippen LogP contribution in [0.3, 0.4) is 0 Å². The fourth-order valence-corrected chi connectivity index (χ4v) is 3.42. The molecule has 5 heteroatoms. The van der Waals surface area contributed by atoms with E-state index in [2.05, 4.69) is 58.0 Å². The molecule has 138 valence electrons. The first-order chi connectivity index (χ1) is 11.5. The van der Waals surface area contributed by atoms with Crippen LogP contribution in [0.25, 0.3) is 10.9 Å². The molecule has 1 aromatic carbocycles. The SMILES string of the molecule is CC(C)[C@@H](CO[Si](C)(C)C(C)(C)C)Nc1cnc2ccccc2c1N. The topological polar surface area (TPSA) is 60.2 Å². The lowest BCUT2D eigenvalue weighted by molar-refractivity contribution is 0.248. The van der Waals surface area contributed by atoms with Crippen LogP contribution in [-0.2, 0) is 4.43 Å². The number of pyridine rings is 1. The van der Waals surface area contributed by atoms with Crippen molar-refractivity contribution < 1.29 is 4.43 Å². The van der Waals surface area contributed by atoms with E-state index in [-0.39, 0.29) is 11.1 Å². The van der Waals surface area contributed by atoms with Crippen LogP contribution in [0.2, 0.25) is 18.1 Å². The van der Waals surface area contributed by atoms with Gasteiger partial charge in [-0.1, -0.05) is 52.8 Å². The monoisotopic (exact) mass is 359 g/mol. The maximum absolute atomic E-state index is 6.43. The summed E-state index contributed by atoms with van der Waals surface area (Å²) in [6.07, 6.45) is 1.83. The summed E-state index contributed by atoms with van der Waals surface area (Å²) in [4.78, 5) is 4.53. The van der Waals surface area contributed by atoms with Crippen molar-refractivity contribution in [3.63, 3.8) is 0 Å². The minimum Gasteiger partial charge on any atom is -0.415 e. The molecule has 0 spiro atoms. The quantitative estimate of drug-likeness (QED) is 0.689. The van der Waals surface area contributed by atoms with Gasteiger partial charge in [-0.05, 0) is 30.1 Å². The average Bonchev–Trinajstić information content (AvgIpc) is 2.52. The summed E-state index contributed by atoms with van der Waals surface area (Å²) in [6, 6.07) is 8.16. The highest BCUT2D eigenvalue weighted by Gasteiger charge is 2.37. The molecule has 2 rings (SSSR count). The zero-order valence-electron chi connectivity index (χ0n) is 16.7. The number of nitrogen functional groups attached to an aromatic ring is 1. The maximum atomic E-state index is 6.43. The second-order valence-corrected chi connectivity index (χ2v) is 13.5. The van der Waals surface area contributed by atoms with E-state index >= 15 is 0 Å². The number of hydrogen-bond donors (Lipinski definition) is 2. The third kappa shape index (κ3) is 4.53. The number of anilines is 2. The number of nitrogens with two attached hydrogens (primary N) is 1. The highest BCUT2D eigenvalue weighted by molar-refractivity contribution is 6.74. The van der Waals surface area contributed by atoms with Gasteiger partial charge in [-0.3, -0.25) is 4.98 Å². The van der Waals surface area contributed by atoms with Crippen LogP contribution < -0.4 is 11.1 Å². The van der Waals surface area contributed by atoms with Crippen LogP contribution in [0.1, 0.15) is 34.6 Å². The number of aromatic nitrogens is 1. The van der Waals surface area contributed by atoms with Crippen molar-refractivity contribution in [1.29, 1.82) is 0 Å². The molecule has 1 atom stereocenters. The molecule has 0 aliphatic heterocycles. The molecule has 1 aromatic heterocycles. The Morgan fingerprint density at radius 2 is 1.84 bits per heavy atom. The van der Waals surface area contributed by atoms with Crippen molar-refractivity contribution in [3.8, 4) is 0 Å². The van der Waals surface area contributed by atoms with E-state index < -0.39 is 8.32 Å². The maximum Gasteiger partial charge on any atom is 0.192 e. The largest absolute Gasteiger partial charge is 0.415 e. The second kappa shape index (κ2) is 7.34. The molecule has 25 heavy (non-hydrogen) atoms. The predicted molar refractivity (Wildman–Crippen MR) is 112 cm³/mol. The Labute approximate surface area is 153 Å². The van der Waals surface area contributed by atoms with E-state index in [9.17, 15) is 0 Å². The molecule has 1 heterocycles. The van der Waals surface area contributed by atoms with Crippen LogP contribution >= 0.6 is 0 Å². The van der Waals surface area contributed by atoms with Gasteiger partial charge >= 0.3 is 0 Å². The minimum absolute atomic E-state index is 0.194. The van der Waals surface area contributed by atoms with Gasteiger partial charge in [0.05, 0.1) is 35.7 Å². The van der Waals surface area contributed by atoms with Gasteiger partial charge in [0.25, 0.3) is 0 Å². The second-order valence-electron chi connectivity index (χ2n) is 8.67. The number of benzene rings is 1. The molecule has 0 unspecified atom stereocenters. The van der Waals surface area contributed by atoms with Crippen LogP contribution in [0.4, 0.5) is 11.4 Å². The Morgan fingerprint density at radius 3 is 2.44 bits per heavy atom. The zero-order chi connectivity index (χ0) is 18.8. The third-order valence-corrected chi connectivity index (χ3v) is 9.89.